The van der Waals surface area contributed by atoms with E-state index in [-0.39, 0.29) is 35.4 Å². The molecule has 1 aliphatic heterocycles. The highest BCUT2D eigenvalue weighted by molar-refractivity contribution is 7.89. The average Bonchev–Trinajstić information content (AvgIpc) is 2.82. The van der Waals surface area contributed by atoms with E-state index < -0.39 is 28.5 Å². The Morgan fingerprint density at radius 3 is 2.26 bits per heavy atom. The van der Waals surface area contributed by atoms with E-state index in [1.807, 2.05) is 18.7 Å². The van der Waals surface area contributed by atoms with E-state index in [1.165, 1.54) is 11.4 Å². The van der Waals surface area contributed by atoms with E-state index >= 15 is 0 Å². The van der Waals surface area contributed by atoms with Gasteiger partial charge in [0, 0.05) is 45.0 Å². The first-order valence-electron chi connectivity index (χ1n) is 10.8. The number of carbonyl (C=O) groups is 2. The molecular formula is C23H29N3O7S. The largest absolute Gasteiger partial charge is 0.491 e. The van der Waals surface area contributed by atoms with Crippen molar-refractivity contribution in [3.8, 4) is 11.5 Å². The molecule has 3 rings (SSSR count). The third-order valence-corrected chi connectivity index (χ3v) is 7.14. The monoisotopic (exact) mass is 491 g/mol. The molecule has 184 valence electrons. The van der Waals surface area contributed by atoms with E-state index in [1.54, 1.807) is 42.5 Å². The molecule has 1 saturated heterocycles. The molecule has 0 bridgehead atoms. The number of nitrogens with one attached hydrogen (secondary N) is 1. The van der Waals surface area contributed by atoms with Crippen molar-refractivity contribution in [2.24, 2.45) is 0 Å². The zero-order valence-electron chi connectivity index (χ0n) is 19.4. The molecule has 2 aromatic rings. The van der Waals surface area contributed by atoms with E-state index in [4.69, 9.17) is 14.6 Å². The quantitative estimate of drug-likeness (QED) is 0.544. The Hall–Kier alpha value is -3.31. The first kappa shape index (κ1) is 25.3. The predicted molar refractivity (Wildman–Crippen MR) is 126 cm³/mol. The molecule has 1 fully saturated rings. The van der Waals surface area contributed by atoms with Crippen LogP contribution in [0.4, 0.5) is 5.69 Å². The second-order valence-electron chi connectivity index (χ2n) is 7.97. The molecule has 0 aliphatic carbocycles. The Kier molecular flexibility index (Phi) is 8.00. The van der Waals surface area contributed by atoms with Gasteiger partial charge in [0.25, 0.3) is 5.91 Å². The number of carboxylic acids is 1. The number of rotatable bonds is 9. The smallest absolute Gasteiger partial charge is 0.341 e. The number of ether oxygens (including phenoxy) is 2. The number of hydrogen-bond donors (Lipinski definition) is 2. The van der Waals surface area contributed by atoms with Crippen LogP contribution in [0, 0.1) is 0 Å². The molecule has 10 nitrogen and oxygen atoms in total. The van der Waals surface area contributed by atoms with Crippen LogP contribution in [-0.2, 0) is 14.8 Å². The molecule has 2 aromatic carbocycles. The Labute approximate surface area is 199 Å². The van der Waals surface area contributed by atoms with Crippen molar-refractivity contribution in [3.05, 3.63) is 48.0 Å². The van der Waals surface area contributed by atoms with Gasteiger partial charge in [0.15, 0.2) is 6.61 Å². The molecule has 0 spiro atoms. The molecule has 0 aromatic heterocycles. The third-order valence-electron chi connectivity index (χ3n) is 5.23. The minimum Gasteiger partial charge on any atom is -0.491 e. The summed E-state index contributed by atoms with van der Waals surface area (Å²) in [5.74, 6) is -0.790. The van der Waals surface area contributed by atoms with Gasteiger partial charge < -0.3 is 24.8 Å². The molecule has 1 amide bonds. The van der Waals surface area contributed by atoms with Gasteiger partial charge in [-0.05, 0) is 50.2 Å². The van der Waals surface area contributed by atoms with Crippen LogP contribution >= 0.6 is 0 Å². The number of benzene rings is 2. The Balaban J connectivity index is 1.71. The van der Waals surface area contributed by atoms with E-state index in [2.05, 4.69) is 5.32 Å². The highest BCUT2D eigenvalue weighted by atomic mass is 32.2. The fourth-order valence-electron chi connectivity index (χ4n) is 3.59. The zero-order chi connectivity index (χ0) is 24.9. The van der Waals surface area contributed by atoms with Gasteiger partial charge in [0.2, 0.25) is 10.0 Å². The summed E-state index contributed by atoms with van der Waals surface area (Å²) in [6.45, 7) is 4.61. The van der Waals surface area contributed by atoms with Gasteiger partial charge in [-0.2, -0.15) is 4.31 Å². The lowest BCUT2D eigenvalue weighted by atomic mass is 10.1. The van der Waals surface area contributed by atoms with Crippen molar-refractivity contribution in [2.45, 2.75) is 24.8 Å². The molecule has 34 heavy (non-hydrogen) atoms. The number of aliphatic carboxylic acids is 1. The number of carbonyl (C=O) groups excluding carboxylic acids is 1. The molecule has 0 atom stereocenters. The highest BCUT2D eigenvalue weighted by Gasteiger charge is 2.29. The minimum absolute atomic E-state index is 0.00370. The molecule has 2 N–H and O–H groups in total. The molecule has 11 heteroatoms. The standard InChI is InChI=1S/C23H29N3O7S/c1-16(2)33-18-5-7-19(8-6-18)34(30,31)26-12-10-25(11-13-26)17-4-9-20(23(29)24-3)21(14-17)32-15-22(27)28/h4-9,14,16H,10-13,15H2,1-3H3,(H,24,29)(H,27,28). The Morgan fingerprint density at radius 1 is 1.06 bits per heavy atom. The molecule has 1 heterocycles. The zero-order valence-corrected chi connectivity index (χ0v) is 20.2. The first-order valence-corrected chi connectivity index (χ1v) is 12.3. The van der Waals surface area contributed by atoms with Gasteiger partial charge in [-0.15, -0.1) is 0 Å². The Bertz CT molecular complexity index is 1130. The van der Waals surface area contributed by atoms with Crippen molar-refractivity contribution in [1.29, 1.82) is 0 Å². The summed E-state index contributed by atoms with van der Waals surface area (Å²) in [5.41, 5.74) is 0.930. The van der Waals surface area contributed by atoms with Crippen LogP contribution in [0.1, 0.15) is 24.2 Å². The Morgan fingerprint density at radius 2 is 1.71 bits per heavy atom. The summed E-state index contributed by atoms with van der Waals surface area (Å²) in [4.78, 5) is 25.2. The molecular weight excluding hydrogens is 462 g/mol. The van der Waals surface area contributed by atoms with Gasteiger partial charge in [-0.3, -0.25) is 4.79 Å². The van der Waals surface area contributed by atoms with Crippen molar-refractivity contribution in [2.75, 3.05) is 44.7 Å². The lowest BCUT2D eigenvalue weighted by Crippen LogP contribution is -2.48. The van der Waals surface area contributed by atoms with Crippen molar-refractivity contribution < 1.29 is 32.6 Å². The van der Waals surface area contributed by atoms with E-state index in [9.17, 15) is 18.0 Å². The third kappa shape index (κ3) is 5.97. The van der Waals surface area contributed by atoms with Crippen LogP contribution in [0.2, 0.25) is 0 Å². The normalized spacial score (nSPS) is 14.6. The molecule has 0 radical (unpaired) electrons. The maximum atomic E-state index is 13.1. The molecule has 0 saturated carbocycles. The van der Waals surface area contributed by atoms with Gasteiger partial charge in [-0.25, -0.2) is 13.2 Å². The van der Waals surface area contributed by atoms with Crippen LogP contribution < -0.4 is 19.7 Å². The van der Waals surface area contributed by atoms with Gasteiger partial charge in [0.1, 0.15) is 11.5 Å². The van der Waals surface area contributed by atoms with Crippen LogP contribution in [0.5, 0.6) is 11.5 Å². The minimum atomic E-state index is -3.65. The van der Waals surface area contributed by atoms with E-state index in [0.717, 1.165) is 0 Å². The number of piperazine rings is 1. The summed E-state index contributed by atoms with van der Waals surface area (Å²) in [6.07, 6.45) is -0.00370. The number of anilines is 1. The van der Waals surface area contributed by atoms with Crippen molar-refractivity contribution in [3.63, 3.8) is 0 Å². The number of amides is 1. The van der Waals surface area contributed by atoms with Crippen LogP contribution in [0.25, 0.3) is 0 Å². The summed E-state index contributed by atoms with van der Waals surface area (Å²) >= 11 is 0. The van der Waals surface area contributed by atoms with Crippen LogP contribution in [0.3, 0.4) is 0 Å². The first-order chi connectivity index (χ1) is 16.1. The number of hydrogen-bond acceptors (Lipinski definition) is 7. The fourth-order valence-corrected chi connectivity index (χ4v) is 5.01. The maximum Gasteiger partial charge on any atom is 0.341 e. The number of carboxylic acid groups (broad SMARTS) is 1. The lowest BCUT2D eigenvalue weighted by molar-refractivity contribution is -0.139. The summed E-state index contributed by atoms with van der Waals surface area (Å²) in [6, 6.07) is 11.3. The maximum absolute atomic E-state index is 13.1. The molecule has 1 aliphatic rings. The summed E-state index contributed by atoms with van der Waals surface area (Å²) in [5, 5.41) is 11.4. The fraction of sp³-hybridized carbons (Fsp3) is 0.391. The number of nitrogens with zero attached hydrogens (tertiary/aromatic N) is 2. The second kappa shape index (κ2) is 10.7. The van der Waals surface area contributed by atoms with Crippen LogP contribution in [-0.4, -0.2) is 75.6 Å². The average molecular weight is 492 g/mol. The highest BCUT2D eigenvalue weighted by Crippen LogP contribution is 2.28. The lowest BCUT2D eigenvalue weighted by Gasteiger charge is -2.35. The summed E-state index contributed by atoms with van der Waals surface area (Å²) < 4.78 is 38.5. The predicted octanol–water partition coefficient (Wildman–Crippen LogP) is 1.81. The van der Waals surface area contributed by atoms with Crippen molar-refractivity contribution >= 4 is 27.6 Å². The van der Waals surface area contributed by atoms with Gasteiger partial charge >= 0.3 is 5.97 Å². The topological polar surface area (TPSA) is 125 Å². The second-order valence-corrected chi connectivity index (χ2v) is 9.91. The van der Waals surface area contributed by atoms with Gasteiger partial charge in [0.05, 0.1) is 16.6 Å². The van der Waals surface area contributed by atoms with E-state index in [0.29, 0.717) is 24.5 Å². The molecule has 0 unspecified atom stereocenters. The van der Waals surface area contributed by atoms with Gasteiger partial charge in [-0.1, -0.05) is 0 Å². The SMILES string of the molecule is CNC(=O)c1ccc(N2CCN(S(=O)(=O)c3ccc(OC(C)C)cc3)CC2)cc1OCC(=O)O. The van der Waals surface area contributed by atoms with Crippen LogP contribution in [0.15, 0.2) is 47.4 Å². The number of sulfonamides is 1. The van der Waals surface area contributed by atoms with Crippen molar-refractivity contribution in [1.82, 2.24) is 9.62 Å². The summed E-state index contributed by atoms with van der Waals surface area (Å²) in [7, 11) is -2.18.